The SMILES string of the molecule is COC(=O)[C@@]1(C(=O)O)CCC=CN1. The normalized spacial score (nSPS) is 26.2. The summed E-state index contributed by atoms with van der Waals surface area (Å²) in [5, 5.41) is 11.4. The monoisotopic (exact) mass is 185 g/mol. The van der Waals surface area contributed by atoms with E-state index in [2.05, 4.69) is 10.1 Å². The average molecular weight is 185 g/mol. The molecule has 5 nitrogen and oxygen atoms in total. The van der Waals surface area contributed by atoms with Gasteiger partial charge in [-0.2, -0.15) is 0 Å². The first-order valence-electron chi connectivity index (χ1n) is 3.88. The Kier molecular flexibility index (Phi) is 2.55. The van der Waals surface area contributed by atoms with Crippen molar-refractivity contribution in [1.29, 1.82) is 0 Å². The summed E-state index contributed by atoms with van der Waals surface area (Å²) in [5.74, 6) is -1.96. The number of carboxylic acids is 1. The van der Waals surface area contributed by atoms with E-state index in [1.54, 1.807) is 6.08 Å². The van der Waals surface area contributed by atoms with Gasteiger partial charge in [-0.3, -0.25) is 0 Å². The Hall–Kier alpha value is -1.52. The molecule has 13 heavy (non-hydrogen) atoms. The van der Waals surface area contributed by atoms with Crippen LogP contribution < -0.4 is 5.32 Å². The topological polar surface area (TPSA) is 75.6 Å². The van der Waals surface area contributed by atoms with Crippen molar-refractivity contribution in [2.75, 3.05) is 7.11 Å². The van der Waals surface area contributed by atoms with Gasteiger partial charge in [0.15, 0.2) is 0 Å². The number of hydrogen-bond donors (Lipinski definition) is 2. The third kappa shape index (κ3) is 1.49. The highest BCUT2D eigenvalue weighted by molar-refractivity contribution is 6.04. The predicted octanol–water partition coefficient (Wildman–Crippen LogP) is -0.120. The molecule has 0 bridgehead atoms. The summed E-state index contributed by atoms with van der Waals surface area (Å²) < 4.78 is 4.44. The van der Waals surface area contributed by atoms with Crippen LogP contribution in [0, 0.1) is 0 Å². The second kappa shape index (κ2) is 3.47. The molecule has 5 heteroatoms. The third-order valence-electron chi connectivity index (χ3n) is 2.03. The zero-order valence-electron chi connectivity index (χ0n) is 7.24. The molecule has 0 saturated carbocycles. The maximum absolute atomic E-state index is 11.2. The lowest BCUT2D eigenvalue weighted by molar-refractivity contribution is -0.161. The molecule has 1 aliphatic heterocycles. The molecule has 2 N–H and O–H groups in total. The average Bonchev–Trinajstić information content (AvgIpc) is 2.17. The second-order valence-corrected chi connectivity index (χ2v) is 2.79. The summed E-state index contributed by atoms with van der Waals surface area (Å²) in [4.78, 5) is 22.1. The third-order valence-corrected chi connectivity index (χ3v) is 2.03. The number of esters is 1. The van der Waals surface area contributed by atoms with Gasteiger partial charge >= 0.3 is 11.9 Å². The van der Waals surface area contributed by atoms with Crippen molar-refractivity contribution in [3.63, 3.8) is 0 Å². The number of nitrogens with one attached hydrogen (secondary N) is 1. The molecule has 0 aromatic rings. The first-order valence-corrected chi connectivity index (χ1v) is 3.88. The molecule has 0 unspecified atom stereocenters. The smallest absolute Gasteiger partial charge is 0.343 e. The second-order valence-electron chi connectivity index (χ2n) is 2.79. The molecule has 1 rings (SSSR count). The molecule has 1 aliphatic rings. The molecule has 0 spiro atoms. The highest BCUT2D eigenvalue weighted by Crippen LogP contribution is 2.19. The van der Waals surface area contributed by atoms with Crippen molar-refractivity contribution < 1.29 is 19.4 Å². The van der Waals surface area contributed by atoms with Gasteiger partial charge in [-0.15, -0.1) is 0 Å². The van der Waals surface area contributed by atoms with Crippen molar-refractivity contribution in [1.82, 2.24) is 5.32 Å². The highest BCUT2D eigenvalue weighted by Gasteiger charge is 2.47. The minimum absolute atomic E-state index is 0.214. The molecule has 72 valence electrons. The summed E-state index contributed by atoms with van der Waals surface area (Å²) >= 11 is 0. The lowest BCUT2D eigenvalue weighted by Gasteiger charge is -2.28. The molecule has 0 saturated heterocycles. The van der Waals surface area contributed by atoms with E-state index in [9.17, 15) is 9.59 Å². The van der Waals surface area contributed by atoms with Crippen LogP contribution in [0.5, 0.6) is 0 Å². The van der Waals surface area contributed by atoms with Crippen molar-refractivity contribution in [2.45, 2.75) is 18.4 Å². The number of carbonyl (C=O) groups is 2. The van der Waals surface area contributed by atoms with E-state index in [4.69, 9.17) is 5.11 Å². The summed E-state index contributed by atoms with van der Waals surface area (Å²) in [6, 6.07) is 0. The zero-order chi connectivity index (χ0) is 9.90. The number of carbonyl (C=O) groups excluding carboxylic acids is 1. The predicted molar refractivity (Wildman–Crippen MR) is 43.9 cm³/mol. The van der Waals surface area contributed by atoms with E-state index in [1.165, 1.54) is 13.3 Å². The Morgan fingerprint density at radius 2 is 2.31 bits per heavy atom. The first kappa shape index (κ1) is 9.57. The number of methoxy groups -OCH3 is 1. The molecule has 0 aliphatic carbocycles. The van der Waals surface area contributed by atoms with Crippen molar-refractivity contribution in [2.24, 2.45) is 0 Å². The molecule has 1 heterocycles. The van der Waals surface area contributed by atoms with Crippen molar-refractivity contribution in [3.8, 4) is 0 Å². The van der Waals surface area contributed by atoms with Crippen LogP contribution in [-0.2, 0) is 14.3 Å². The van der Waals surface area contributed by atoms with Gasteiger partial charge in [0.05, 0.1) is 7.11 Å². The van der Waals surface area contributed by atoms with E-state index in [1.807, 2.05) is 0 Å². The fourth-order valence-electron chi connectivity index (χ4n) is 1.25. The molecule has 1 atom stereocenters. The van der Waals surface area contributed by atoms with Crippen LogP contribution in [0.15, 0.2) is 12.3 Å². The van der Waals surface area contributed by atoms with Gasteiger partial charge in [-0.1, -0.05) is 6.08 Å². The molecule has 0 amide bonds. The number of aliphatic carboxylic acids is 1. The maximum atomic E-state index is 11.2. The van der Waals surface area contributed by atoms with Crippen LogP contribution in [0.4, 0.5) is 0 Å². The van der Waals surface area contributed by atoms with Crippen LogP contribution in [0.1, 0.15) is 12.8 Å². The van der Waals surface area contributed by atoms with Crippen molar-refractivity contribution in [3.05, 3.63) is 12.3 Å². The van der Waals surface area contributed by atoms with Crippen LogP contribution in [0.2, 0.25) is 0 Å². The van der Waals surface area contributed by atoms with E-state index in [0.717, 1.165) is 0 Å². The van der Waals surface area contributed by atoms with Gasteiger partial charge in [0.1, 0.15) is 0 Å². The van der Waals surface area contributed by atoms with E-state index >= 15 is 0 Å². The Bertz CT molecular complexity index is 261. The Morgan fingerprint density at radius 3 is 2.69 bits per heavy atom. The van der Waals surface area contributed by atoms with Gasteiger partial charge in [-0.25, -0.2) is 9.59 Å². The minimum atomic E-state index is -1.59. The Labute approximate surface area is 75.4 Å². The van der Waals surface area contributed by atoms with Gasteiger partial charge in [0, 0.05) is 0 Å². The lowest BCUT2D eigenvalue weighted by Crippen LogP contribution is -2.57. The van der Waals surface area contributed by atoms with E-state index in [0.29, 0.717) is 6.42 Å². The van der Waals surface area contributed by atoms with Gasteiger partial charge in [0.25, 0.3) is 0 Å². The Balaban J connectivity index is 2.93. The van der Waals surface area contributed by atoms with Gasteiger partial charge in [-0.05, 0) is 19.0 Å². The molecule has 0 fully saturated rings. The summed E-state index contributed by atoms with van der Waals surface area (Å²) in [6.45, 7) is 0. The van der Waals surface area contributed by atoms with Crippen LogP contribution in [0.25, 0.3) is 0 Å². The van der Waals surface area contributed by atoms with Crippen molar-refractivity contribution >= 4 is 11.9 Å². The van der Waals surface area contributed by atoms with E-state index in [-0.39, 0.29) is 6.42 Å². The summed E-state index contributed by atoms with van der Waals surface area (Å²) in [7, 11) is 1.17. The quantitative estimate of drug-likeness (QED) is 0.463. The minimum Gasteiger partial charge on any atom is -0.479 e. The van der Waals surface area contributed by atoms with E-state index < -0.39 is 17.5 Å². The maximum Gasteiger partial charge on any atom is 0.343 e. The largest absolute Gasteiger partial charge is 0.479 e. The highest BCUT2D eigenvalue weighted by atomic mass is 16.5. The summed E-state index contributed by atoms with van der Waals surface area (Å²) in [5.41, 5.74) is -1.59. The number of allylic oxidation sites excluding steroid dienone is 1. The van der Waals surface area contributed by atoms with Gasteiger partial charge in [0.2, 0.25) is 5.54 Å². The fraction of sp³-hybridized carbons (Fsp3) is 0.500. The number of ether oxygens (including phenoxy) is 1. The Morgan fingerprint density at radius 1 is 1.62 bits per heavy atom. The standard InChI is InChI=1S/C8H11NO4/c1-13-7(12)8(6(10)11)4-2-3-5-9-8/h3,5,9H,2,4H2,1H3,(H,10,11)/t8-/m0/s1. The summed E-state index contributed by atoms with van der Waals surface area (Å²) in [6.07, 6.45) is 4.00. The molecule has 0 aromatic carbocycles. The number of rotatable bonds is 2. The number of hydrogen-bond acceptors (Lipinski definition) is 4. The molecular weight excluding hydrogens is 174 g/mol. The number of carboxylic acid groups (broad SMARTS) is 1. The van der Waals surface area contributed by atoms with Crippen LogP contribution in [0.3, 0.4) is 0 Å². The molecule has 0 radical (unpaired) electrons. The van der Waals surface area contributed by atoms with Crippen LogP contribution >= 0.6 is 0 Å². The fourth-order valence-corrected chi connectivity index (χ4v) is 1.25. The van der Waals surface area contributed by atoms with Crippen LogP contribution in [-0.4, -0.2) is 29.7 Å². The first-order chi connectivity index (χ1) is 6.13. The van der Waals surface area contributed by atoms with Gasteiger partial charge < -0.3 is 15.2 Å². The lowest BCUT2D eigenvalue weighted by atomic mass is 9.91. The zero-order valence-corrected chi connectivity index (χ0v) is 7.24. The molecule has 0 aromatic heterocycles. The molecular formula is C8H11NO4.